The van der Waals surface area contributed by atoms with Crippen LogP contribution >= 0.6 is 11.6 Å². The maximum atomic E-state index is 12.9. The van der Waals surface area contributed by atoms with E-state index < -0.39 is 0 Å². The highest BCUT2D eigenvalue weighted by atomic mass is 35.5. The fourth-order valence-electron chi connectivity index (χ4n) is 3.05. The van der Waals surface area contributed by atoms with Gasteiger partial charge in [0.25, 0.3) is 5.91 Å². The third-order valence-electron chi connectivity index (χ3n) is 4.29. The minimum absolute atomic E-state index is 0.0267. The quantitative estimate of drug-likeness (QED) is 0.763. The maximum absolute atomic E-state index is 12.9. The number of carbonyl (C=O) groups is 1. The van der Waals surface area contributed by atoms with Crippen LogP contribution in [-0.2, 0) is 0 Å². The molecule has 2 rings (SSSR count). The molecule has 0 bridgehead atoms. The van der Waals surface area contributed by atoms with Crippen LogP contribution in [0.5, 0.6) is 11.5 Å². The minimum Gasteiger partial charge on any atom is -0.493 e. The van der Waals surface area contributed by atoms with Gasteiger partial charge in [0.1, 0.15) is 0 Å². The van der Waals surface area contributed by atoms with E-state index in [0.717, 1.165) is 32.2 Å². The van der Waals surface area contributed by atoms with Crippen LogP contribution in [-0.4, -0.2) is 37.1 Å². The molecule has 23 heavy (non-hydrogen) atoms. The zero-order valence-corrected chi connectivity index (χ0v) is 15.0. The van der Waals surface area contributed by atoms with Crippen LogP contribution in [0, 0.1) is 0 Å². The second-order valence-corrected chi connectivity index (χ2v) is 6.30. The summed E-state index contributed by atoms with van der Waals surface area (Å²) in [5, 5.41) is 0.422. The molecule has 1 heterocycles. The van der Waals surface area contributed by atoms with Crippen molar-refractivity contribution >= 4 is 17.5 Å². The fraction of sp³-hybridized carbons (Fsp3) is 0.611. The van der Waals surface area contributed by atoms with Gasteiger partial charge in [-0.25, -0.2) is 0 Å². The number of nitrogens with zero attached hydrogens (tertiary/aromatic N) is 1. The second-order valence-electron chi connectivity index (χ2n) is 5.89. The number of amides is 1. The lowest BCUT2D eigenvalue weighted by Crippen LogP contribution is -2.43. The molecule has 1 atom stereocenters. The van der Waals surface area contributed by atoms with Gasteiger partial charge in [-0.05, 0) is 44.2 Å². The van der Waals surface area contributed by atoms with E-state index in [0.29, 0.717) is 34.7 Å². The van der Waals surface area contributed by atoms with Crippen molar-refractivity contribution in [3.05, 3.63) is 22.7 Å². The summed E-state index contributed by atoms with van der Waals surface area (Å²) < 4.78 is 11.0. The van der Waals surface area contributed by atoms with Crippen LogP contribution in [0.15, 0.2) is 12.1 Å². The average molecular weight is 340 g/mol. The molecule has 1 aliphatic rings. The lowest BCUT2D eigenvalue weighted by atomic mass is 9.99. The molecule has 1 aromatic rings. The first-order valence-electron chi connectivity index (χ1n) is 8.43. The van der Waals surface area contributed by atoms with Crippen LogP contribution in [0.4, 0.5) is 0 Å². The van der Waals surface area contributed by atoms with Gasteiger partial charge in [0.15, 0.2) is 11.5 Å². The summed E-state index contributed by atoms with van der Waals surface area (Å²) in [4.78, 5) is 14.9. The predicted molar refractivity (Wildman–Crippen MR) is 92.8 cm³/mol. The highest BCUT2D eigenvalue weighted by molar-refractivity contribution is 6.32. The van der Waals surface area contributed by atoms with Gasteiger partial charge in [-0.2, -0.15) is 0 Å². The van der Waals surface area contributed by atoms with Crippen molar-refractivity contribution in [2.75, 3.05) is 20.3 Å². The van der Waals surface area contributed by atoms with Gasteiger partial charge >= 0.3 is 0 Å². The number of ether oxygens (including phenoxy) is 2. The topological polar surface area (TPSA) is 38.8 Å². The predicted octanol–water partition coefficient (Wildman–Crippen LogP) is 4.54. The van der Waals surface area contributed by atoms with Gasteiger partial charge in [0.05, 0.1) is 18.7 Å². The Morgan fingerprint density at radius 2 is 2.13 bits per heavy atom. The largest absolute Gasteiger partial charge is 0.493 e. The Kier molecular flexibility index (Phi) is 6.58. The number of hydrogen-bond acceptors (Lipinski definition) is 3. The van der Waals surface area contributed by atoms with Gasteiger partial charge in [-0.15, -0.1) is 0 Å². The third kappa shape index (κ3) is 4.11. The Morgan fingerprint density at radius 1 is 1.35 bits per heavy atom. The Bertz CT molecular complexity index is 547. The minimum atomic E-state index is 0.0267. The van der Waals surface area contributed by atoms with E-state index in [1.54, 1.807) is 19.2 Å². The maximum Gasteiger partial charge on any atom is 0.254 e. The first kappa shape index (κ1) is 17.9. The van der Waals surface area contributed by atoms with Crippen LogP contribution in [0.2, 0.25) is 5.02 Å². The standard InChI is InChI=1S/C18H26ClNO3/c1-4-10-23-17-15(19)11-13(12-16(17)22-3)18(21)20-9-7-6-8-14(20)5-2/h11-12,14H,4-10H2,1-3H3. The van der Waals surface area contributed by atoms with Gasteiger partial charge in [0, 0.05) is 18.2 Å². The van der Waals surface area contributed by atoms with E-state index in [4.69, 9.17) is 21.1 Å². The molecule has 4 nitrogen and oxygen atoms in total. The first-order valence-corrected chi connectivity index (χ1v) is 8.81. The highest BCUT2D eigenvalue weighted by Crippen LogP contribution is 2.37. The lowest BCUT2D eigenvalue weighted by molar-refractivity contribution is 0.0607. The molecule has 0 radical (unpaired) electrons. The van der Waals surface area contributed by atoms with Crippen molar-refractivity contribution in [2.45, 2.75) is 52.0 Å². The molecular formula is C18H26ClNO3. The van der Waals surface area contributed by atoms with Crippen molar-refractivity contribution in [2.24, 2.45) is 0 Å². The molecule has 1 amide bonds. The molecule has 1 saturated heterocycles. The molecular weight excluding hydrogens is 314 g/mol. The summed E-state index contributed by atoms with van der Waals surface area (Å²) in [5.41, 5.74) is 0.566. The van der Waals surface area contributed by atoms with E-state index in [1.165, 1.54) is 6.42 Å². The van der Waals surface area contributed by atoms with E-state index in [1.807, 2.05) is 11.8 Å². The van der Waals surface area contributed by atoms with Crippen molar-refractivity contribution in [3.63, 3.8) is 0 Å². The summed E-state index contributed by atoms with van der Waals surface area (Å²) >= 11 is 6.33. The monoisotopic (exact) mass is 339 g/mol. The summed E-state index contributed by atoms with van der Waals surface area (Å²) in [6, 6.07) is 3.75. The molecule has 0 aromatic heterocycles. The molecule has 0 spiro atoms. The normalized spacial score (nSPS) is 17.9. The third-order valence-corrected chi connectivity index (χ3v) is 4.57. The summed E-state index contributed by atoms with van der Waals surface area (Å²) in [7, 11) is 1.56. The van der Waals surface area contributed by atoms with E-state index >= 15 is 0 Å². The van der Waals surface area contributed by atoms with Crippen LogP contribution in [0.3, 0.4) is 0 Å². The van der Waals surface area contributed by atoms with Crippen molar-refractivity contribution < 1.29 is 14.3 Å². The number of likely N-dealkylation sites (tertiary alicyclic amines) is 1. The highest BCUT2D eigenvalue weighted by Gasteiger charge is 2.27. The summed E-state index contributed by atoms with van der Waals surface area (Å²) in [6.07, 6.45) is 5.19. The Balaban J connectivity index is 2.28. The summed E-state index contributed by atoms with van der Waals surface area (Å²) in [5.74, 6) is 1.05. The molecule has 1 unspecified atom stereocenters. The molecule has 0 N–H and O–H groups in total. The van der Waals surface area contributed by atoms with Crippen LogP contribution in [0.1, 0.15) is 56.3 Å². The Morgan fingerprint density at radius 3 is 2.78 bits per heavy atom. The lowest BCUT2D eigenvalue weighted by Gasteiger charge is -2.35. The number of rotatable bonds is 6. The number of piperidine rings is 1. The van der Waals surface area contributed by atoms with E-state index in [9.17, 15) is 4.79 Å². The molecule has 1 aliphatic heterocycles. The zero-order chi connectivity index (χ0) is 16.8. The SMILES string of the molecule is CCCOc1c(Cl)cc(C(=O)N2CCCCC2CC)cc1OC. The van der Waals surface area contributed by atoms with Gasteiger partial charge in [-0.3, -0.25) is 4.79 Å². The van der Waals surface area contributed by atoms with Gasteiger partial charge < -0.3 is 14.4 Å². The molecule has 5 heteroatoms. The second kappa shape index (κ2) is 8.44. The molecule has 1 aromatic carbocycles. The van der Waals surface area contributed by atoms with Crippen LogP contribution in [0.25, 0.3) is 0 Å². The smallest absolute Gasteiger partial charge is 0.254 e. The van der Waals surface area contributed by atoms with E-state index in [-0.39, 0.29) is 5.91 Å². The number of carbonyl (C=O) groups excluding carboxylic acids is 1. The number of methoxy groups -OCH3 is 1. The van der Waals surface area contributed by atoms with Crippen molar-refractivity contribution in [1.29, 1.82) is 0 Å². The Labute approximate surface area is 143 Å². The molecule has 1 fully saturated rings. The fourth-order valence-corrected chi connectivity index (χ4v) is 3.31. The van der Waals surface area contributed by atoms with Gasteiger partial charge in [0.2, 0.25) is 0 Å². The van der Waals surface area contributed by atoms with E-state index in [2.05, 4.69) is 6.92 Å². The van der Waals surface area contributed by atoms with Gasteiger partial charge in [-0.1, -0.05) is 25.4 Å². The van der Waals surface area contributed by atoms with Crippen LogP contribution < -0.4 is 9.47 Å². The van der Waals surface area contributed by atoms with Crippen molar-refractivity contribution in [3.8, 4) is 11.5 Å². The number of benzene rings is 1. The Hall–Kier alpha value is -1.42. The average Bonchev–Trinajstić information content (AvgIpc) is 2.59. The van der Waals surface area contributed by atoms with Crippen molar-refractivity contribution in [1.82, 2.24) is 4.90 Å². The molecule has 0 saturated carbocycles. The number of hydrogen-bond donors (Lipinski definition) is 0. The summed E-state index contributed by atoms with van der Waals surface area (Å²) in [6.45, 7) is 5.53. The molecule has 128 valence electrons. The zero-order valence-electron chi connectivity index (χ0n) is 14.2. The first-order chi connectivity index (χ1) is 11.1. The number of halogens is 1. The molecule has 0 aliphatic carbocycles.